The molecule has 100 valence electrons. The highest BCUT2D eigenvalue weighted by Gasteiger charge is 2.11. The summed E-state index contributed by atoms with van der Waals surface area (Å²) in [6.45, 7) is 2.13. The number of rotatable bonds is 8. The lowest BCUT2D eigenvalue weighted by Gasteiger charge is -2.24. The monoisotopic (exact) mass is 255 g/mol. The number of carbonyl (C=O) groups excluding carboxylic acids is 1. The van der Waals surface area contributed by atoms with Crippen molar-refractivity contribution in [1.82, 2.24) is 0 Å². The van der Waals surface area contributed by atoms with Gasteiger partial charge in [-0.05, 0) is 18.2 Å². The largest absolute Gasteiger partial charge is 0.383 e. The summed E-state index contributed by atoms with van der Waals surface area (Å²) in [4.78, 5) is 12.4. The van der Waals surface area contributed by atoms with Gasteiger partial charge in [0.25, 0.3) is 0 Å². The second-order valence-electron chi connectivity index (χ2n) is 3.80. The van der Waals surface area contributed by atoms with Crippen molar-refractivity contribution in [2.24, 2.45) is 0 Å². The van der Waals surface area contributed by atoms with Gasteiger partial charge in [0.05, 0.1) is 18.9 Å². The van der Waals surface area contributed by atoms with Crippen molar-refractivity contribution < 1.29 is 18.7 Å². The Labute approximate surface area is 106 Å². The van der Waals surface area contributed by atoms with Crippen LogP contribution in [0.15, 0.2) is 18.2 Å². The molecule has 0 saturated carbocycles. The fraction of sp³-hybridized carbons (Fsp3) is 0.462. The molecule has 0 aliphatic rings. The number of anilines is 1. The van der Waals surface area contributed by atoms with Crippen LogP contribution >= 0.6 is 0 Å². The molecule has 0 fully saturated rings. The lowest BCUT2D eigenvalue weighted by Crippen LogP contribution is -2.31. The molecule has 18 heavy (non-hydrogen) atoms. The number of nitrogens with zero attached hydrogens (tertiary/aromatic N) is 1. The van der Waals surface area contributed by atoms with Crippen LogP contribution in [0.1, 0.15) is 10.4 Å². The van der Waals surface area contributed by atoms with E-state index in [0.717, 1.165) is 0 Å². The molecule has 0 spiro atoms. The molecule has 1 aromatic rings. The van der Waals surface area contributed by atoms with Crippen LogP contribution in [-0.4, -0.2) is 46.8 Å². The predicted molar refractivity (Wildman–Crippen MR) is 67.8 cm³/mol. The molecule has 0 N–H and O–H groups in total. The summed E-state index contributed by atoms with van der Waals surface area (Å²) in [6.07, 6.45) is 0.626. The zero-order valence-electron chi connectivity index (χ0n) is 10.7. The molecule has 0 bridgehead atoms. The predicted octanol–water partition coefficient (Wildman–Crippen LogP) is 1.74. The zero-order valence-corrected chi connectivity index (χ0v) is 10.7. The van der Waals surface area contributed by atoms with Crippen molar-refractivity contribution in [3.63, 3.8) is 0 Å². The van der Waals surface area contributed by atoms with Crippen molar-refractivity contribution in [2.75, 3.05) is 45.4 Å². The number of halogens is 1. The Bertz CT molecular complexity index is 376. The van der Waals surface area contributed by atoms with Crippen LogP contribution in [-0.2, 0) is 9.47 Å². The lowest BCUT2D eigenvalue weighted by atomic mass is 10.2. The Balaban J connectivity index is 2.85. The third-order valence-electron chi connectivity index (χ3n) is 2.58. The molecule has 1 aromatic carbocycles. The summed E-state index contributed by atoms with van der Waals surface area (Å²) in [5, 5.41) is 0. The minimum atomic E-state index is -0.410. The Hall–Kier alpha value is -1.46. The molecule has 0 saturated heterocycles. The van der Waals surface area contributed by atoms with Crippen molar-refractivity contribution in [3.8, 4) is 0 Å². The summed E-state index contributed by atoms with van der Waals surface area (Å²) in [5.74, 6) is -0.410. The van der Waals surface area contributed by atoms with Gasteiger partial charge in [-0.25, -0.2) is 4.39 Å². The molecule has 0 aromatic heterocycles. The standard InChI is InChI=1S/C13H18FNO3/c1-17-7-5-15(6-8-18-2)13-4-3-11(10-16)9-12(13)14/h3-4,9-10H,5-8H2,1-2H3. The number of methoxy groups -OCH3 is 2. The van der Waals surface area contributed by atoms with E-state index in [1.807, 2.05) is 4.90 Å². The number of carbonyl (C=O) groups is 1. The number of benzene rings is 1. The van der Waals surface area contributed by atoms with Crippen molar-refractivity contribution in [1.29, 1.82) is 0 Å². The topological polar surface area (TPSA) is 38.8 Å². The van der Waals surface area contributed by atoms with Gasteiger partial charge in [0.2, 0.25) is 0 Å². The van der Waals surface area contributed by atoms with E-state index in [-0.39, 0.29) is 0 Å². The third-order valence-corrected chi connectivity index (χ3v) is 2.58. The molecule has 0 aliphatic carbocycles. The van der Waals surface area contributed by atoms with E-state index in [1.165, 1.54) is 6.07 Å². The highest BCUT2D eigenvalue weighted by atomic mass is 19.1. The van der Waals surface area contributed by atoms with Crippen molar-refractivity contribution in [2.45, 2.75) is 0 Å². The van der Waals surface area contributed by atoms with E-state index >= 15 is 0 Å². The zero-order chi connectivity index (χ0) is 13.4. The molecule has 0 aliphatic heterocycles. The summed E-state index contributed by atoms with van der Waals surface area (Å²) in [7, 11) is 3.20. The maximum Gasteiger partial charge on any atom is 0.150 e. The van der Waals surface area contributed by atoms with Gasteiger partial charge in [-0.2, -0.15) is 0 Å². The second kappa shape index (κ2) is 7.79. The second-order valence-corrected chi connectivity index (χ2v) is 3.80. The molecular weight excluding hydrogens is 237 g/mol. The van der Waals surface area contributed by atoms with E-state index < -0.39 is 5.82 Å². The Morgan fingerprint density at radius 2 is 1.83 bits per heavy atom. The van der Waals surface area contributed by atoms with Gasteiger partial charge in [0.15, 0.2) is 0 Å². The minimum Gasteiger partial charge on any atom is -0.383 e. The fourth-order valence-corrected chi connectivity index (χ4v) is 1.61. The number of hydrogen-bond donors (Lipinski definition) is 0. The summed E-state index contributed by atoms with van der Waals surface area (Å²) in [5.41, 5.74) is 0.782. The van der Waals surface area contributed by atoms with Crippen LogP contribution in [0.4, 0.5) is 10.1 Å². The summed E-state index contributed by atoms with van der Waals surface area (Å²) in [6, 6.07) is 4.43. The van der Waals surface area contributed by atoms with Crippen LogP contribution in [0.5, 0.6) is 0 Å². The third kappa shape index (κ3) is 4.09. The smallest absolute Gasteiger partial charge is 0.150 e. The SMILES string of the molecule is COCCN(CCOC)c1ccc(C=O)cc1F. The van der Waals surface area contributed by atoms with E-state index in [9.17, 15) is 9.18 Å². The van der Waals surface area contributed by atoms with E-state index in [2.05, 4.69) is 0 Å². The molecule has 5 heteroatoms. The average Bonchev–Trinajstić information content (AvgIpc) is 2.39. The van der Waals surface area contributed by atoms with Gasteiger partial charge in [-0.3, -0.25) is 4.79 Å². The molecule has 0 heterocycles. The van der Waals surface area contributed by atoms with Crippen LogP contribution < -0.4 is 4.90 Å². The van der Waals surface area contributed by atoms with Gasteiger partial charge in [-0.15, -0.1) is 0 Å². The molecule has 4 nitrogen and oxygen atoms in total. The van der Waals surface area contributed by atoms with Crippen LogP contribution in [0.3, 0.4) is 0 Å². The molecule has 1 rings (SSSR count). The first-order valence-electron chi connectivity index (χ1n) is 5.70. The molecule has 0 amide bonds. The Morgan fingerprint density at radius 1 is 1.22 bits per heavy atom. The molecule has 0 atom stereocenters. The van der Waals surface area contributed by atoms with Crippen molar-refractivity contribution in [3.05, 3.63) is 29.6 Å². The lowest BCUT2D eigenvalue weighted by molar-refractivity contribution is 0.112. The maximum atomic E-state index is 13.9. The van der Waals surface area contributed by atoms with Crippen LogP contribution in [0.25, 0.3) is 0 Å². The van der Waals surface area contributed by atoms with Gasteiger partial charge in [-0.1, -0.05) is 0 Å². The number of hydrogen-bond acceptors (Lipinski definition) is 4. The first-order chi connectivity index (χ1) is 8.72. The van der Waals surface area contributed by atoms with Gasteiger partial charge in [0.1, 0.15) is 12.1 Å². The van der Waals surface area contributed by atoms with Gasteiger partial charge >= 0.3 is 0 Å². The first kappa shape index (κ1) is 14.6. The molecule has 0 radical (unpaired) electrons. The normalized spacial score (nSPS) is 10.4. The van der Waals surface area contributed by atoms with E-state index in [1.54, 1.807) is 26.4 Å². The highest BCUT2D eigenvalue weighted by molar-refractivity contribution is 5.76. The highest BCUT2D eigenvalue weighted by Crippen LogP contribution is 2.19. The van der Waals surface area contributed by atoms with Crippen LogP contribution in [0, 0.1) is 5.82 Å². The van der Waals surface area contributed by atoms with Gasteiger partial charge < -0.3 is 14.4 Å². The Kier molecular flexibility index (Phi) is 6.32. The van der Waals surface area contributed by atoms with Gasteiger partial charge in [0, 0.05) is 32.9 Å². The van der Waals surface area contributed by atoms with E-state index in [4.69, 9.17) is 9.47 Å². The van der Waals surface area contributed by atoms with E-state index in [0.29, 0.717) is 43.8 Å². The fourth-order valence-electron chi connectivity index (χ4n) is 1.61. The maximum absolute atomic E-state index is 13.9. The molecule has 0 unspecified atom stereocenters. The van der Waals surface area contributed by atoms with Crippen LogP contribution in [0.2, 0.25) is 0 Å². The number of ether oxygens (including phenoxy) is 2. The summed E-state index contributed by atoms with van der Waals surface area (Å²) >= 11 is 0. The molecular formula is C13H18FNO3. The first-order valence-corrected chi connectivity index (χ1v) is 5.70. The summed E-state index contributed by atoms with van der Waals surface area (Å²) < 4.78 is 23.9. The Morgan fingerprint density at radius 3 is 2.28 bits per heavy atom. The quantitative estimate of drug-likeness (QED) is 0.663. The average molecular weight is 255 g/mol. The number of aldehydes is 1. The minimum absolute atomic E-state index is 0.328. The van der Waals surface area contributed by atoms with Crippen molar-refractivity contribution >= 4 is 12.0 Å².